The highest BCUT2D eigenvalue weighted by Gasteiger charge is 2.13. The molecule has 2 aromatic rings. The van der Waals surface area contributed by atoms with Crippen LogP contribution in [0, 0.1) is 17.0 Å². The van der Waals surface area contributed by atoms with Crippen molar-refractivity contribution in [2.24, 2.45) is 0 Å². The highest BCUT2D eigenvalue weighted by molar-refractivity contribution is 5.95. The van der Waals surface area contributed by atoms with Crippen molar-refractivity contribution in [1.29, 1.82) is 0 Å². The van der Waals surface area contributed by atoms with Crippen LogP contribution in [0.4, 0.5) is 5.69 Å². The Labute approximate surface area is 108 Å². The van der Waals surface area contributed by atoms with Crippen molar-refractivity contribution in [2.45, 2.75) is 13.5 Å². The van der Waals surface area contributed by atoms with E-state index in [0.29, 0.717) is 17.0 Å². The summed E-state index contributed by atoms with van der Waals surface area (Å²) in [5, 5.41) is 13.3. The summed E-state index contributed by atoms with van der Waals surface area (Å²) in [7, 11) is 0. The number of aromatic amines is 1. The number of hydrogen-bond acceptors (Lipinski definition) is 4. The first-order valence-electron chi connectivity index (χ1n) is 5.59. The van der Waals surface area contributed by atoms with Crippen molar-refractivity contribution in [3.63, 3.8) is 0 Å². The number of aryl methyl sites for hydroxylation is 1. The molecule has 1 amide bonds. The molecule has 1 aromatic heterocycles. The highest BCUT2D eigenvalue weighted by atomic mass is 16.6. The molecule has 0 aliphatic rings. The topological polar surface area (TPSA) is 101 Å². The fourth-order valence-electron chi connectivity index (χ4n) is 1.67. The van der Waals surface area contributed by atoms with Gasteiger partial charge in [-0.2, -0.15) is 0 Å². The smallest absolute Gasteiger partial charge is 0.269 e. The summed E-state index contributed by atoms with van der Waals surface area (Å²) < 4.78 is 0. The zero-order valence-electron chi connectivity index (χ0n) is 10.2. The summed E-state index contributed by atoms with van der Waals surface area (Å²) in [4.78, 5) is 28.9. The number of non-ortho nitro benzene ring substituents is 1. The number of nitrogens with one attached hydrogen (secondary N) is 2. The van der Waals surface area contributed by atoms with Crippen LogP contribution in [0.1, 0.15) is 21.7 Å². The van der Waals surface area contributed by atoms with Crippen molar-refractivity contribution in [2.75, 3.05) is 0 Å². The van der Waals surface area contributed by atoms with E-state index in [1.165, 1.54) is 18.2 Å². The molecule has 2 N–H and O–H groups in total. The molecule has 0 aliphatic carbocycles. The van der Waals surface area contributed by atoms with Gasteiger partial charge in [-0.3, -0.25) is 14.9 Å². The van der Waals surface area contributed by atoms with Gasteiger partial charge in [-0.1, -0.05) is 0 Å². The van der Waals surface area contributed by atoms with E-state index < -0.39 is 4.92 Å². The minimum absolute atomic E-state index is 0.0277. The maximum Gasteiger partial charge on any atom is 0.269 e. The molecule has 0 radical (unpaired) electrons. The quantitative estimate of drug-likeness (QED) is 0.643. The fraction of sp³-hybridized carbons (Fsp3) is 0.167. The van der Waals surface area contributed by atoms with Crippen molar-refractivity contribution < 1.29 is 9.72 Å². The van der Waals surface area contributed by atoms with E-state index in [1.807, 2.05) is 0 Å². The van der Waals surface area contributed by atoms with Crippen LogP contribution in [0.15, 0.2) is 30.6 Å². The van der Waals surface area contributed by atoms with E-state index in [-0.39, 0.29) is 18.1 Å². The largest absolute Gasteiger partial charge is 0.347 e. The zero-order valence-corrected chi connectivity index (χ0v) is 10.2. The van der Waals surface area contributed by atoms with Gasteiger partial charge in [-0.05, 0) is 18.6 Å². The van der Waals surface area contributed by atoms with Crippen molar-refractivity contribution in [1.82, 2.24) is 15.3 Å². The second kappa shape index (κ2) is 5.30. The SMILES string of the molecule is Cc1cc([N+](=O)[O-])ccc1C(=O)NCc1ncc[nH]1. The predicted octanol–water partition coefficient (Wildman–Crippen LogP) is 1.56. The van der Waals surface area contributed by atoms with Gasteiger partial charge in [0.2, 0.25) is 0 Å². The van der Waals surface area contributed by atoms with Crippen LogP contribution in [-0.4, -0.2) is 20.8 Å². The van der Waals surface area contributed by atoms with Gasteiger partial charge >= 0.3 is 0 Å². The number of nitro benzene ring substituents is 1. The molecule has 7 heteroatoms. The third-order valence-corrected chi connectivity index (χ3v) is 2.64. The third kappa shape index (κ3) is 2.95. The number of carbonyl (C=O) groups excluding carboxylic acids is 1. The molecule has 0 spiro atoms. The summed E-state index contributed by atoms with van der Waals surface area (Å²) in [5.41, 5.74) is 0.948. The molecule has 0 bridgehead atoms. The van der Waals surface area contributed by atoms with E-state index >= 15 is 0 Å². The standard InChI is InChI=1S/C12H12N4O3/c1-8-6-9(16(18)19)2-3-10(8)12(17)15-7-11-13-4-5-14-11/h2-6H,7H2,1H3,(H,13,14)(H,15,17). The monoisotopic (exact) mass is 260 g/mol. The lowest BCUT2D eigenvalue weighted by Gasteiger charge is -2.06. The van der Waals surface area contributed by atoms with Gasteiger partial charge in [0, 0.05) is 30.1 Å². The maximum atomic E-state index is 11.9. The lowest BCUT2D eigenvalue weighted by Crippen LogP contribution is -2.24. The normalized spacial score (nSPS) is 10.2. The van der Waals surface area contributed by atoms with Crippen LogP contribution in [0.2, 0.25) is 0 Å². The molecule has 0 saturated carbocycles. The molecule has 98 valence electrons. The molecule has 19 heavy (non-hydrogen) atoms. The molecule has 0 fully saturated rings. The summed E-state index contributed by atoms with van der Waals surface area (Å²) >= 11 is 0. The Morgan fingerprint density at radius 1 is 1.53 bits per heavy atom. The molecule has 0 aliphatic heterocycles. The van der Waals surface area contributed by atoms with Crippen LogP contribution >= 0.6 is 0 Å². The molecule has 0 unspecified atom stereocenters. The summed E-state index contributed by atoms with van der Waals surface area (Å²) in [5.74, 6) is 0.358. The third-order valence-electron chi connectivity index (χ3n) is 2.64. The average Bonchev–Trinajstić information content (AvgIpc) is 2.88. The van der Waals surface area contributed by atoms with Gasteiger partial charge in [0.25, 0.3) is 11.6 Å². The number of aromatic nitrogens is 2. The van der Waals surface area contributed by atoms with E-state index in [1.54, 1.807) is 19.3 Å². The van der Waals surface area contributed by atoms with Crippen molar-refractivity contribution in [3.8, 4) is 0 Å². The Kier molecular flexibility index (Phi) is 3.56. The minimum atomic E-state index is -0.489. The van der Waals surface area contributed by atoms with E-state index in [9.17, 15) is 14.9 Å². The molecule has 2 rings (SSSR count). The van der Waals surface area contributed by atoms with Crippen molar-refractivity contribution in [3.05, 3.63) is 57.7 Å². The molecular weight excluding hydrogens is 248 g/mol. The van der Waals surface area contributed by atoms with Gasteiger partial charge in [-0.15, -0.1) is 0 Å². The van der Waals surface area contributed by atoms with Crippen molar-refractivity contribution >= 4 is 11.6 Å². The van der Waals surface area contributed by atoms with Gasteiger partial charge in [0.15, 0.2) is 0 Å². The number of amides is 1. The second-order valence-corrected chi connectivity index (χ2v) is 3.97. The first-order valence-corrected chi connectivity index (χ1v) is 5.59. The number of hydrogen-bond donors (Lipinski definition) is 2. The molecule has 1 heterocycles. The lowest BCUT2D eigenvalue weighted by atomic mass is 10.1. The molecule has 1 aromatic carbocycles. The van der Waals surface area contributed by atoms with Crippen LogP contribution in [0.25, 0.3) is 0 Å². The number of benzene rings is 1. The van der Waals surface area contributed by atoms with Gasteiger partial charge < -0.3 is 10.3 Å². The molecular formula is C12H12N4O3. The first-order chi connectivity index (χ1) is 9.08. The number of nitro groups is 1. The van der Waals surface area contributed by atoms with Crippen LogP contribution < -0.4 is 5.32 Å². The summed E-state index contributed by atoms with van der Waals surface area (Å²) in [6.07, 6.45) is 3.26. The first kappa shape index (κ1) is 12.7. The van der Waals surface area contributed by atoms with E-state index in [2.05, 4.69) is 15.3 Å². The second-order valence-electron chi connectivity index (χ2n) is 3.97. The summed E-state index contributed by atoms with van der Waals surface area (Å²) in [6.45, 7) is 1.94. The van der Waals surface area contributed by atoms with Crippen LogP contribution in [0.3, 0.4) is 0 Å². The zero-order chi connectivity index (χ0) is 13.8. The van der Waals surface area contributed by atoms with E-state index in [0.717, 1.165) is 0 Å². The fourth-order valence-corrected chi connectivity index (χ4v) is 1.67. The average molecular weight is 260 g/mol. The molecule has 7 nitrogen and oxygen atoms in total. The number of nitrogens with zero attached hydrogens (tertiary/aromatic N) is 2. The number of imidazole rings is 1. The highest BCUT2D eigenvalue weighted by Crippen LogP contribution is 2.17. The Balaban J connectivity index is 2.09. The molecule has 0 saturated heterocycles. The van der Waals surface area contributed by atoms with Crippen LogP contribution in [-0.2, 0) is 6.54 Å². The van der Waals surface area contributed by atoms with E-state index in [4.69, 9.17) is 0 Å². The number of carbonyl (C=O) groups is 1. The Bertz CT molecular complexity index is 607. The maximum absolute atomic E-state index is 11.9. The Morgan fingerprint density at radius 3 is 2.89 bits per heavy atom. The van der Waals surface area contributed by atoms with Gasteiger partial charge in [0.05, 0.1) is 11.5 Å². The minimum Gasteiger partial charge on any atom is -0.347 e. The Morgan fingerprint density at radius 2 is 2.32 bits per heavy atom. The van der Waals surface area contributed by atoms with Crippen LogP contribution in [0.5, 0.6) is 0 Å². The number of H-pyrrole nitrogens is 1. The van der Waals surface area contributed by atoms with Gasteiger partial charge in [-0.25, -0.2) is 4.98 Å². The Hall–Kier alpha value is -2.70. The number of rotatable bonds is 4. The van der Waals surface area contributed by atoms with Gasteiger partial charge in [0.1, 0.15) is 5.82 Å². The summed E-state index contributed by atoms with van der Waals surface area (Å²) in [6, 6.07) is 4.14. The molecule has 0 atom stereocenters. The predicted molar refractivity (Wildman–Crippen MR) is 67.6 cm³/mol. The lowest BCUT2D eigenvalue weighted by molar-refractivity contribution is -0.384.